The Balaban J connectivity index is 3.35. The van der Waals surface area contributed by atoms with E-state index in [2.05, 4.69) is 33.9 Å². The fourth-order valence-electron chi connectivity index (χ4n) is 1.79. The van der Waals surface area contributed by atoms with Gasteiger partial charge in [-0.25, -0.2) is 0 Å². The molecule has 0 aromatic rings. The summed E-state index contributed by atoms with van der Waals surface area (Å²) < 4.78 is 11.8. The van der Waals surface area contributed by atoms with Gasteiger partial charge in [-0.1, -0.05) is 59.3 Å². The molecule has 0 saturated carbocycles. The Kier molecular flexibility index (Phi) is 11.1. The maximum atomic E-state index is 5.92. The molecule has 0 heterocycles. The summed E-state index contributed by atoms with van der Waals surface area (Å²) in [6.45, 7) is 12.6. The Hall–Kier alpha value is 0.137. The molecule has 0 aromatic heterocycles. The highest BCUT2D eigenvalue weighted by Crippen LogP contribution is 2.11. The van der Waals surface area contributed by atoms with Gasteiger partial charge in [-0.3, -0.25) is 0 Å². The fourth-order valence-corrected chi connectivity index (χ4v) is 3.24. The van der Waals surface area contributed by atoms with Crippen LogP contribution in [0.1, 0.15) is 65.7 Å². The molecule has 0 aliphatic carbocycles. The maximum Gasteiger partial charge on any atom is 0.331 e. The molecule has 0 unspecified atom stereocenters. The van der Waals surface area contributed by atoms with Crippen molar-refractivity contribution >= 4 is 8.56 Å². The molecule has 0 N–H and O–H groups in total. The zero-order chi connectivity index (χ0) is 13.9. The van der Waals surface area contributed by atoms with E-state index in [9.17, 15) is 0 Å². The highest BCUT2D eigenvalue weighted by atomic mass is 28.4. The lowest BCUT2D eigenvalue weighted by Gasteiger charge is -2.24. The van der Waals surface area contributed by atoms with Gasteiger partial charge in [-0.05, 0) is 25.4 Å². The third-order valence-electron chi connectivity index (χ3n) is 2.96. The van der Waals surface area contributed by atoms with Crippen LogP contribution in [0.15, 0.2) is 0 Å². The highest BCUT2D eigenvalue weighted by molar-refractivity contribution is 6.64. The third-order valence-corrected chi connectivity index (χ3v) is 4.72. The zero-order valence-corrected chi connectivity index (χ0v) is 14.3. The van der Waals surface area contributed by atoms with E-state index in [1.165, 1.54) is 44.9 Å². The molecule has 0 aromatic carbocycles. The molecular weight excluding hydrogens is 240 g/mol. The van der Waals surface area contributed by atoms with Crippen molar-refractivity contribution in [2.75, 3.05) is 13.2 Å². The monoisotopic (exact) mass is 274 g/mol. The molecule has 0 atom stereocenters. The van der Waals surface area contributed by atoms with Crippen LogP contribution in [0.3, 0.4) is 0 Å². The second-order valence-corrected chi connectivity index (χ2v) is 9.45. The van der Waals surface area contributed by atoms with Gasteiger partial charge >= 0.3 is 8.56 Å². The second kappa shape index (κ2) is 11.0. The minimum Gasteiger partial charge on any atom is -0.395 e. The van der Waals surface area contributed by atoms with Crippen LogP contribution >= 0.6 is 0 Å². The van der Waals surface area contributed by atoms with Gasteiger partial charge in [-0.2, -0.15) is 0 Å². The van der Waals surface area contributed by atoms with Gasteiger partial charge in [0.05, 0.1) is 0 Å². The largest absolute Gasteiger partial charge is 0.395 e. The van der Waals surface area contributed by atoms with Gasteiger partial charge in [-0.15, -0.1) is 0 Å². The lowest BCUT2D eigenvalue weighted by molar-refractivity contribution is 0.159. The molecule has 0 amide bonds. The van der Waals surface area contributed by atoms with E-state index in [1.54, 1.807) is 0 Å². The number of rotatable bonds is 12. The van der Waals surface area contributed by atoms with E-state index in [0.717, 1.165) is 13.2 Å². The lowest BCUT2D eigenvalue weighted by atomic mass is 10.1. The second-order valence-electron chi connectivity index (χ2n) is 6.07. The van der Waals surface area contributed by atoms with Crippen LogP contribution in [-0.2, 0) is 8.85 Å². The SMILES string of the molecule is CCCCCCCCCO[Si](C)(C)OCC(C)C. The minimum atomic E-state index is -1.85. The number of hydrogen-bond acceptors (Lipinski definition) is 2. The van der Waals surface area contributed by atoms with Gasteiger partial charge in [0.2, 0.25) is 0 Å². The maximum absolute atomic E-state index is 5.92. The van der Waals surface area contributed by atoms with Crippen molar-refractivity contribution in [1.29, 1.82) is 0 Å². The Morgan fingerprint density at radius 2 is 1.39 bits per heavy atom. The Bertz CT molecular complexity index is 181. The number of hydrogen-bond donors (Lipinski definition) is 0. The smallest absolute Gasteiger partial charge is 0.331 e. The highest BCUT2D eigenvalue weighted by Gasteiger charge is 2.24. The molecule has 0 rings (SSSR count). The standard InChI is InChI=1S/C15H34O2Si/c1-6-7-8-9-10-11-12-13-16-18(4,5)17-14-15(2)3/h15H,6-14H2,1-5H3. The average Bonchev–Trinajstić information content (AvgIpc) is 2.30. The van der Waals surface area contributed by atoms with Crippen molar-refractivity contribution in [2.45, 2.75) is 78.8 Å². The molecule has 0 aliphatic heterocycles. The van der Waals surface area contributed by atoms with Crippen LogP contribution in [0.25, 0.3) is 0 Å². The normalized spacial score (nSPS) is 12.3. The number of unbranched alkanes of at least 4 members (excludes halogenated alkanes) is 6. The van der Waals surface area contributed by atoms with Gasteiger partial charge in [0, 0.05) is 13.2 Å². The minimum absolute atomic E-state index is 0.596. The van der Waals surface area contributed by atoms with Crippen molar-refractivity contribution in [3.05, 3.63) is 0 Å². The Morgan fingerprint density at radius 1 is 0.833 bits per heavy atom. The molecule has 110 valence electrons. The van der Waals surface area contributed by atoms with Crippen LogP contribution in [0, 0.1) is 5.92 Å². The molecular formula is C15H34O2Si. The first kappa shape index (κ1) is 18.1. The molecule has 0 saturated heterocycles. The van der Waals surface area contributed by atoms with Crippen molar-refractivity contribution in [2.24, 2.45) is 5.92 Å². The van der Waals surface area contributed by atoms with Gasteiger partial charge in [0.1, 0.15) is 0 Å². The first-order chi connectivity index (χ1) is 8.48. The van der Waals surface area contributed by atoms with Gasteiger partial charge in [0.25, 0.3) is 0 Å². The van der Waals surface area contributed by atoms with Gasteiger partial charge in [0.15, 0.2) is 0 Å². The summed E-state index contributed by atoms with van der Waals surface area (Å²) in [5, 5.41) is 0. The lowest BCUT2D eigenvalue weighted by Crippen LogP contribution is -2.36. The molecule has 0 radical (unpaired) electrons. The van der Waals surface area contributed by atoms with Crippen LogP contribution in [0.4, 0.5) is 0 Å². The van der Waals surface area contributed by atoms with Gasteiger partial charge < -0.3 is 8.85 Å². The Morgan fingerprint density at radius 3 is 1.94 bits per heavy atom. The van der Waals surface area contributed by atoms with E-state index in [1.807, 2.05) is 0 Å². The summed E-state index contributed by atoms with van der Waals surface area (Å²) >= 11 is 0. The van der Waals surface area contributed by atoms with E-state index >= 15 is 0 Å². The van der Waals surface area contributed by atoms with E-state index in [-0.39, 0.29) is 0 Å². The summed E-state index contributed by atoms with van der Waals surface area (Å²) in [6, 6.07) is 0. The first-order valence-electron chi connectivity index (χ1n) is 7.76. The van der Waals surface area contributed by atoms with Crippen molar-refractivity contribution in [3.8, 4) is 0 Å². The third kappa shape index (κ3) is 12.6. The van der Waals surface area contributed by atoms with E-state index in [4.69, 9.17) is 8.85 Å². The summed E-state index contributed by atoms with van der Waals surface area (Å²) in [4.78, 5) is 0. The predicted octanol–water partition coefficient (Wildman–Crippen LogP) is 5.13. The molecule has 2 nitrogen and oxygen atoms in total. The molecule has 0 bridgehead atoms. The zero-order valence-electron chi connectivity index (χ0n) is 13.3. The van der Waals surface area contributed by atoms with E-state index < -0.39 is 8.56 Å². The van der Waals surface area contributed by atoms with Crippen LogP contribution < -0.4 is 0 Å². The van der Waals surface area contributed by atoms with Crippen molar-refractivity contribution in [3.63, 3.8) is 0 Å². The first-order valence-corrected chi connectivity index (χ1v) is 10.6. The van der Waals surface area contributed by atoms with Crippen LogP contribution in [0.2, 0.25) is 13.1 Å². The summed E-state index contributed by atoms with van der Waals surface area (Å²) in [5.74, 6) is 0.596. The quantitative estimate of drug-likeness (QED) is 0.363. The topological polar surface area (TPSA) is 18.5 Å². The molecule has 3 heteroatoms. The molecule has 0 fully saturated rings. The summed E-state index contributed by atoms with van der Waals surface area (Å²) in [6.07, 6.45) is 9.35. The molecule has 18 heavy (non-hydrogen) atoms. The average molecular weight is 275 g/mol. The van der Waals surface area contributed by atoms with E-state index in [0.29, 0.717) is 5.92 Å². The fraction of sp³-hybridized carbons (Fsp3) is 1.00. The summed E-state index contributed by atoms with van der Waals surface area (Å²) in [7, 11) is -1.85. The predicted molar refractivity (Wildman–Crippen MR) is 82.2 cm³/mol. The Labute approximate surface area is 116 Å². The van der Waals surface area contributed by atoms with Crippen LogP contribution in [0.5, 0.6) is 0 Å². The molecule has 0 spiro atoms. The van der Waals surface area contributed by atoms with Crippen LogP contribution in [-0.4, -0.2) is 21.8 Å². The molecule has 0 aliphatic rings. The van der Waals surface area contributed by atoms with Crippen molar-refractivity contribution in [1.82, 2.24) is 0 Å². The summed E-state index contributed by atoms with van der Waals surface area (Å²) in [5.41, 5.74) is 0. The van der Waals surface area contributed by atoms with Crippen molar-refractivity contribution < 1.29 is 8.85 Å².